The number of thiophene rings is 1. The Morgan fingerprint density at radius 1 is 0.906 bits per heavy atom. The van der Waals surface area contributed by atoms with E-state index in [9.17, 15) is 18.0 Å². The third kappa shape index (κ3) is 5.35. The molecular weight excluding hydrogens is 446 g/mol. The molecule has 3 aromatic rings. The average Bonchev–Trinajstić information content (AvgIpc) is 3.34. The van der Waals surface area contributed by atoms with E-state index in [1.807, 2.05) is 29.6 Å². The number of nitrogens with one attached hydrogen (secondary N) is 2. The third-order valence-corrected chi connectivity index (χ3v) is 7.74. The predicted molar refractivity (Wildman–Crippen MR) is 127 cm³/mol. The Balaban J connectivity index is 1.36. The Labute approximate surface area is 191 Å². The van der Waals surface area contributed by atoms with E-state index in [2.05, 4.69) is 15.5 Å². The lowest BCUT2D eigenvalue weighted by Gasteiger charge is -2.28. The van der Waals surface area contributed by atoms with Crippen LogP contribution in [-0.2, 0) is 16.4 Å². The van der Waals surface area contributed by atoms with Crippen LogP contribution in [0.3, 0.4) is 0 Å². The van der Waals surface area contributed by atoms with Crippen molar-refractivity contribution in [1.82, 2.24) is 5.32 Å². The molecule has 0 radical (unpaired) electrons. The van der Waals surface area contributed by atoms with Crippen LogP contribution in [0.15, 0.2) is 66.0 Å². The Kier molecular flexibility index (Phi) is 6.57. The van der Waals surface area contributed by atoms with Gasteiger partial charge in [0.15, 0.2) is 9.84 Å². The molecule has 1 aliphatic rings. The van der Waals surface area contributed by atoms with E-state index in [1.54, 1.807) is 36.4 Å². The molecule has 0 saturated carbocycles. The fourth-order valence-electron chi connectivity index (χ4n) is 3.45. The Hall–Kier alpha value is -3.17. The number of sulfone groups is 1. The van der Waals surface area contributed by atoms with Crippen molar-refractivity contribution in [1.29, 1.82) is 0 Å². The summed E-state index contributed by atoms with van der Waals surface area (Å²) in [5.41, 5.74) is 2.74. The second kappa shape index (κ2) is 9.54. The number of anilines is 2. The van der Waals surface area contributed by atoms with Gasteiger partial charge in [-0.15, -0.1) is 11.3 Å². The first-order valence-electron chi connectivity index (χ1n) is 10.2. The van der Waals surface area contributed by atoms with E-state index in [4.69, 9.17) is 0 Å². The summed E-state index contributed by atoms with van der Waals surface area (Å²) >= 11 is 1.34. The SMILES string of the molecule is O=C(Nc1ccccc1C(=O)NCc1ccc(N2CCS(=O)(=O)CC2)cc1)c1cccs1. The largest absolute Gasteiger partial charge is 0.369 e. The van der Waals surface area contributed by atoms with Gasteiger partial charge in [0, 0.05) is 25.3 Å². The first-order valence-corrected chi connectivity index (χ1v) is 12.9. The molecule has 0 unspecified atom stereocenters. The van der Waals surface area contributed by atoms with Gasteiger partial charge < -0.3 is 15.5 Å². The van der Waals surface area contributed by atoms with Crippen LogP contribution in [-0.4, -0.2) is 44.8 Å². The molecule has 0 atom stereocenters. The van der Waals surface area contributed by atoms with Crippen LogP contribution in [0.25, 0.3) is 0 Å². The lowest BCUT2D eigenvalue weighted by Crippen LogP contribution is -2.40. The lowest BCUT2D eigenvalue weighted by atomic mass is 10.1. The van der Waals surface area contributed by atoms with Gasteiger partial charge >= 0.3 is 0 Å². The van der Waals surface area contributed by atoms with Crippen molar-refractivity contribution in [3.63, 3.8) is 0 Å². The number of benzene rings is 2. The number of amides is 2. The van der Waals surface area contributed by atoms with E-state index >= 15 is 0 Å². The molecule has 2 N–H and O–H groups in total. The van der Waals surface area contributed by atoms with Crippen LogP contribution in [0, 0.1) is 0 Å². The van der Waals surface area contributed by atoms with Gasteiger partial charge in [0.2, 0.25) is 0 Å². The third-order valence-electron chi connectivity index (χ3n) is 5.26. The van der Waals surface area contributed by atoms with Crippen LogP contribution < -0.4 is 15.5 Å². The van der Waals surface area contributed by atoms with Gasteiger partial charge in [-0.05, 0) is 41.3 Å². The number of hydrogen-bond acceptors (Lipinski definition) is 6. The molecular formula is C23H23N3O4S2. The van der Waals surface area contributed by atoms with Crippen molar-refractivity contribution in [3.8, 4) is 0 Å². The summed E-state index contributed by atoms with van der Waals surface area (Å²) in [5.74, 6) is -0.181. The zero-order valence-electron chi connectivity index (χ0n) is 17.3. The van der Waals surface area contributed by atoms with E-state index in [-0.39, 0.29) is 23.3 Å². The van der Waals surface area contributed by atoms with Crippen LogP contribution in [0.4, 0.5) is 11.4 Å². The Morgan fingerprint density at radius 2 is 1.62 bits per heavy atom. The first kappa shape index (κ1) is 22.0. The smallest absolute Gasteiger partial charge is 0.265 e. The molecule has 2 heterocycles. The highest BCUT2D eigenvalue weighted by Gasteiger charge is 2.21. The summed E-state index contributed by atoms with van der Waals surface area (Å²) in [7, 11) is -2.92. The molecule has 2 amide bonds. The fraction of sp³-hybridized carbons (Fsp3) is 0.217. The minimum Gasteiger partial charge on any atom is -0.369 e. The highest BCUT2D eigenvalue weighted by atomic mass is 32.2. The second-order valence-corrected chi connectivity index (χ2v) is 10.7. The number of carbonyl (C=O) groups excluding carboxylic acids is 2. The summed E-state index contributed by atoms with van der Waals surface area (Å²) in [6.45, 7) is 1.32. The van der Waals surface area contributed by atoms with Crippen molar-refractivity contribution in [2.45, 2.75) is 6.54 Å². The predicted octanol–water partition coefficient (Wildman–Crippen LogP) is 3.17. The van der Waals surface area contributed by atoms with Gasteiger partial charge in [0.05, 0.1) is 27.6 Å². The topological polar surface area (TPSA) is 95.6 Å². The average molecular weight is 470 g/mol. The molecule has 4 rings (SSSR count). The quantitative estimate of drug-likeness (QED) is 0.578. The van der Waals surface area contributed by atoms with Crippen LogP contribution in [0.1, 0.15) is 25.6 Å². The van der Waals surface area contributed by atoms with Crippen LogP contribution >= 0.6 is 11.3 Å². The fourth-order valence-corrected chi connectivity index (χ4v) is 5.27. The van der Waals surface area contributed by atoms with E-state index in [1.165, 1.54) is 11.3 Å². The summed E-state index contributed by atoms with van der Waals surface area (Å²) < 4.78 is 23.2. The zero-order chi connectivity index (χ0) is 22.6. The standard InChI is InChI=1S/C23H23N3O4S2/c27-22(19-4-1-2-5-20(19)25-23(28)21-6-3-13-31-21)24-16-17-7-9-18(10-8-17)26-11-14-32(29,30)15-12-26/h1-10,13H,11-12,14-16H2,(H,24,27)(H,25,28). The molecule has 1 aliphatic heterocycles. The summed E-state index contributed by atoms with van der Waals surface area (Å²) in [4.78, 5) is 27.7. The number of carbonyl (C=O) groups is 2. The van der Waals surface area contributed by atoms with E-state index < -0.39 is 9.84 Å². The van der Waals surface area contributed by atoms with Gasteiger partial charge in [-0.3, -0.25) is 9.59 Å². The molecule has 166 valence electrons. The first-order chi connectivity index (χ1) is 15.4. The van der Waals surface area contributed by atoms with Crippen molar-refractivity contribution in [2.24, 2.45) is 0 Å². The number of para-hydroxylation sites is 1. The van der Waals surface area contributed by atoms with Crippen molar-refractivity contribution in [2.75, 3.05) is 34.8 Å². The molecule has 2 aromatic carbocycles. The maximum atomic E-state index is 12.8. The molecule has 1 fully saturated rings. The van der Waals surface area contributed by atoms with E-state index in [0.29, 0.717) is 35.8 Å². The zero-order valence-corrected chi connectivity index (χ0v) is 18.9. The molecule has 1 aromatic heterocycles. The second-order valence-electron chi connectivity index (χ2n) is 7.47. The van der Waals surface area contributed by atoms with Gasteiger partial charge in [-0.1, -0.05) is 30.3 Å². The molecule has 1 saturated heterocycles. The highest BCUT2D eigenvalue weighted by Crippen LogP contribution is 2.20. The van der Waals surface area contributed by atoms with Gasteiger partial charge in [-0.2, -0.15) is 0 Å². The monoisotopic (exact) mass is 469 g/mol. The van der Waals surface area contributed by atoms with Crippen molar-refractivity contribution < 1.29 is 18.0 Å². The van der Waals surface area contributed by atoms with Crippen molar-refractivity contribution >= 4 is 44.4 Å². The number of nitrogens with zero attached hydrogens (tertiary/aromatic N) is 1. The minimum absolute atomic E-state index is 0.174. The van der Waals surface area contributed by atoms with Gasteiger partial charge in [0.1, 0.15) is 0 Å². The summed E-state index contributed by atoms with van der Waals surface area (Å²) in [6, 6.07) is 18.1. The number of rotatable bonds is 6. The Bertz CT molecular complexity index is 1190. The molecule has 0 spiro atoms. The lowest BCUT2D eigenvalue weighted by molar-refractivity contribution is 0.0951. The summed E-state index contributed by atoms with van der Waals surface area (Å²) in [5, 5.41) is 7.52. The van der Waals surface area contributed by atoms with Crippen molar-refractivity contribution in [3.05, 3.63) is 82.0 Å². The molecule has 7 nitrogen and oxygen atoms in total. The van der Waals surface area contributed by atoms with Gasteiger partial charge in [0.25, 0.3) is 11.8 Å². The molecule has 0 bridgehead atoms. The van der Waals surface area contributed by atoms with Gasteiger partial charge in [-0.25, -0.2) is 8.42 Å². The van der Waals surface area contributed by atoms with Crippen LogP contribution in [0.2, 0.25) is 0 Å². The molecule has 0 aliphatic carbocycles. The Morgan fingerprint density at radius 3 is 2.31 bits per heavy atom. The van der Waals surface area contributed by atoms with E-state index in [0.717, 1.165) is 11.3 Å². The van der Waals surface area contributed by atoms with Crippen LogP contribution in [0.5, 0.6) is 0 Å². The maximum absolute atomic E-state index is 12.8. The molecule has 32 heavy (non-hydrogen) atoms. The maximum Gasteiger partial charge on any atom is 0.265 e. The summed E-state index contributed by atoms with van der Waals surface area (Å²) in [6.07, 6.45) is 0. The normalized spacial score (nSPS) is 15.2. The number of hydrogen-bond donors (Lipinski definition) is 2. The highest BCUT2D eigenvalue weighted by molar-refractivity contribution is 7.91. The minimum atomic E-state index is -2.92. The molecule has 9 heteroatoms.